The molecule has 27 heavy (non-hydrogen) atoms. The van der Waals surface area contributed by atoms with Crippen LogP contribution in [-0.2, 0) is 9.59 Å². The van der Waals surface area contributed by atoms with E-state index < -0.39 is 0 Å². The molecule has 0 atom stereocenters. The zero-order chi connectivity index (χ0) is 19.5. The number of amides is 2. The number of hydrogen-bond acceptors (Lipinski definition) is 4. The fourth-order valence-corrected chi connectivity index (χ4v) is 2.21. The molecule has 0 aliphatic heterocycles. The van der Waals surface area contributed by atoms with E-state index in [1.54, 1.807) is 25.1 Å². The number of carbonyl (C=O) groups is 2. The normalized spacial score (nSPS) is 11.3. The minimum atomic E-state index is -0.322. The van der Waals surface area contributed by atoms with E-state index >= 15 is 0 Å². The van der Waals surface area contributed by atoms with Crippen molar-refractivity contribution in [2.75, 3.05) is 12.4 Å². The highest BCUT2D eigenvalue weighted by atomic mass is 16.5. The van der Waals surface area contributed by atoms with Crippen LogP contribution < -0.4 is 15.5 Å². The standard InChI is InChI=1S/C21H23N3O3/c1-16(12-13-17-8-4-3-5-9-17)23-24-21(26)15-14-20(25)22-18-10-6-7-11-19(18)27-2/h3-13H,14-15H2,1-2H3,(H,22,25)(H,24,26)/b13-12+,23-16+. The van der Waals surface area contributed by atoms with E-state index in [0.717, 1.165) is 5.56 Å². The van der Waals surface area contributed by atoms with Crippen molar-refractivity contribution in [1.82, 2.24) is 5.43 Å². The van der Waals surface area contributed by atoms with Crippen molar-refractivity contribution in [1.29, 1.82) is 0 Å². The summed E-state index contributed by atoms with van der Waals surface area (Å²) in [4.78, 5) is 23.8. The van der Waals surface area contributed by atoms with Gasteiger partial charge in [0.1, 0.15) is 5.75 Å². The Morgan fingerprint density at radius 1 is 1.00 bits per heavy atom. The minimum Gasteiger partial charge on any atom is -0.495 e. The van der Waals surface area contributed by atoms with Gasteiger partial charge in [-0.3, -0.25) is 9.59 Å². The number of rotatable bonds is 8. The van der Waals surface area contributed by atoms with Crippen LogP contribution in [0.4, 0.5) is 5.69 Å². The molecular formula is C21H23N3O3. The first-order valence-electron chi connectivity index (χ1n) is 8.57. The summed E-state index contributed by atoms with van der Waals surface area (Å²) in [6.45, 7) is 1.79. The van der Waals surface area contributed by atoms with Crippen LogP contribution in [-0.4, -0.2) is 24.6 Å². The van der Waals surface area contributed by atoms with Crippen LogP contribution in [0.5, 0.6) is 5.75 Å². The Balaban J connectivity index is 1.76. The molecule has 0 spiro atoms. The summed E-state index contributed by atoms with van der Waals surface area (Å²) in [7, 11) is 1.53. The lowest BCUT2D eigenvalue weighted by molar-refractivity contribution is -0.124. The average molecular weight is 365 g/mol. The summed E-state index contributed by atoms with van der Waals surface area (Å²) in [6.07, 6.45) is 3.81. The van der Waals surface area contributed by atoms with Gasteiger partial charge in [0.25, 0.3) is 0 Å². The lowest BCUT2D eigenvalue weighted by Crippen LogP contribution is -2.21. The highest BCUT2D eigenvalue weighted by Gasteiger charge is 2.09. The quantitative estimate of drug-likeness (QED) is 0.554. The topological polar surface area (TPSA) is 79.8 Å². The van der Waals surface area contributed by atoms with Gasteiger partial charge in [-0.1, -0.05) is 48.5 Å². The molecule has 2 amide bonds. The first-order chi connectivity index (χ1) is 13.1. The Hall–Kier alpha value is -3.41. The molecular weight excluding hydrogens is 342 g/mol. The van der Waals surface area contributed by atoms with Crippen LogP contribution in [0.3, 0.4) is 0 Å². The number of hydrazone groups is 1. The maximum absolute atomic E-state index is 12.0. The Labute approximate surface area is 158 Å². The van der Waals surface area contributed by atoms with E-state index in [9.17, 15) is 9.59 Å². The fraction of sp³-hybridized carbons (Fsp3) is 0.190. The molecule has 0 bridgehead atoms. The van der Waals surface area contributed by atoms with Gasteiger partial charge in [0, 0.05) is 12.8 Å². The Morgan fingerprint density at radius 3 is 2.41 bits per heavy atom. The van der Waals surface area contributed by atoms with Crippen molar-refractivity contribution in [2.45, 2.75) is 19.8 Å². The molecule has 0 aliphatic rings. The number of ether oxygens (including phenoxy) is 1. The number of methoxy groups -OCH3 is 1. The molecule has 0 saturated heterocycles. The lowest BCUT2D eigenvalue weighted by atomic mass is 10.2. The van der Waals surface area contributed by atoms with Crippen molar-refractivity contribution in [2.24, 2.45) is 5.10 Å². The third-order valence-electron chi connectivity index (χ3n) is 3.63. The van der Waals surface area contributed by atoms with Crippen LogP contribution in [0.15, 0.2) is 65.8 Å². The van der Waals surface area contributed by atoms with Gasteiger partial charge in [0.05, 0.1) is 18.5 Å². The van der Waals surface area contributed by atoms with Gasteiger partial charge in [-0.15, -0.1) is 0 Å². The summed E-state index contributed by atoms with van der Waals surface area (Å²) in [6, 6.07) is 16.9. The van der Waals surface area contributed by atoms with Gasteiger partial charge in [-0.25, -0.2) is 5.43 Å². The number of anilines is 1. The first-order valence-corrected chi connectivity index (χ1v) is 8.57. The van der Waals surface area contributed by atoms with Gasteiger partial charge in [0.2, 0.25) is 11.8 Å². The summed E-state index contributed by atoms with van der Waals surface area (Å²) in [5, 5.41) is 6.74. The predicted octanol–water partition coefficient (Wildman–Crippen LogP) is 3.62. The van der Waals surface area contributed by atoms with Crippen molar-refractivity contribution in [3.05, 3.63) is 66.2 Å². The molecule has 0 heterocycles. The molecule has 6 nitrogen and oxygen atoms in total. The number of hydrogen-bond donors (Lipinski definition) is 2. The van der Waals surface area contributed by atoms with Gasteiger partial charge in [-0.05, 0) is 30.7 Å². The Bertz CT molecular complexity index is 830. The van der Waals surface area contributed by atoms with Crippen LogP contribution in [0.1, 0.15) is 25.3 Å². The molecule has 0 radical (unpaired) electrons. The van der Waals surface area contributed by atoms with Crippen LogP contribution in [0, 0.1) is 0 Å². The van der Waals surface area contributed by atoms with E-state index in [1.807, 2.05) is 48.6 Å². The molecule has 2 aromatic carbocycles. The third kappa shape index (κ3) is 7.15. The van der Waals surface area contributed by atoms with Gasteiger partial charge in [0.15, 0.2) is 0 Å². The van der Waals surface area contributed by atoms with Gasteiger partial charge < -0.3 is 10.1 Å². The van der Waals surface area contributed by atoms with Crippen molar-refractivity contribution >= 4 is 29.3 Å². The molecule has 2 rings (SSSR count). The predicted molar refractivity (Wildman–Crippen MR) is 108 cm³/mol. The molecule has 0 saturated carbocycles. The number of para-hydroxylation sites is 2. The lowest BCUT2D eigenvalue weighted by Gasteiger charge is -2.09. The minimum absolute atomic E-state index is 0.0418. The Kier molecular flexibility index (Phi) is 7.78. The molecule has 0 aliphatic carbocycles. The van der Waals surface area contributed by atoms with E-state index in [-0.39, 0.29) is 24.7 Å². The highest BCUT2D eigenvalue weighted by molar-refractivity contribution is 5.97. The Morgan fingerprint density at radius 2 is 1.67 bits per heavy atom. The molecule has 0 fully saturated rings. The van der Waals surface area contributed by atoms with Gasteiger partial charge in [-0.2, -0.15) is 5.10 Å². The smallest absolute Gasteiger partial charge is 0.240 e. The number of carbonyl (C=O) groups excluding carboxylic acids is 2. The summed E-state index contributed by atoms with van der Waals surface area (Å²) < 4.78 is 5.17. The molecule has 140 valence electrons. The van der Waals surface area contributed by atoms with E-state index in [0.29, 0.717) is 17.1 Å². The van der Waals surface area contributed by atoms with E-state index in [1.165, 1.54) is 7.11 Å². The number of benzene rings is 2. The monoisotopic (exact) mass is 365 g/mol. The van der Waals surface area contributed by atoms with Crippen LogP contribution in [0.2, 0.25) is 0 Å². The van der Waals surface area contributed by atoms with Crippen LogP contribution in [0.25, 0.3) is 6.08 Å². The zero-order valence-corrected chi connectivity index (χ0v) is 15.4. The van der Waals surface area contributed by atoms with Crippen LogP contribution >= 0.6 is 0 Å². The van der Waals surface area contributed by atoms with Gasteiger partial charge >= 0.3 is 0 Å². The number of nitrogens with one attached hydrogen (secondary N) is 2. The SMILES string of the molecule is COc1ccccc1NC(=O)CCC(=O)N/N=C(C)/C=C/c1ccccc1. The molecule has 0 unspecified atom stereocenters. The largest absolute Gasteiger partial charge is 0.495 e. The number of nitrogens with zero attached hydrogens (tertiary/aromatic N) is 1. The molecule has 6 heteroatoms. The summed E-state index contributed by atoms with van der Waals surface area (Å²) >= 11 is 0. The second kappa shape index (κ2) is 10.6. The van der Waals surface area contributed by atoms with E-state index in [2.05, 4.69) is 15.8 Å². The summed E-state index contributed by atoms with van der Waals surface area (Å²) in [5.41, 5.74) is 4.73. The highest BCUT2D eigenvalue weighted by Crippen LogP contribution is 2.23. The second-order valence-corrected chi connectivity index (χ2v) is 5.78. The maximum atomic E-state index is 12.0. The first kappa shape index (κ1) is 19.9. The third-order valence-corrected chi connectivity index (χ3v) is 3.63. The second-order valence-electron chi connectivity index (χ2n) is 5.78. The van der Waals surface area contributed by atoms with Crippen molar-refractivity contribution in [3.63, 3.8) is 0 Å². The molecule has 2 N–H and O–H groups in total. The van der Waals surface area contributed by atoms with Crippen molar-refractivity contribution in [3.8, 4) is 5.75 Å². The summed E-state index contributed by atoms with van der Waals surface area (Å²) in [5.74, 6) is -0.0160. The number of allylic oxidation sites excluding steroid dienone is 1. The zero-order valence-electron chi connectivity index (χ0n) is 15.4. The fourth-order valence-electron chi connectivity index (χ4n) is 2.21. The average Bonchev–Trinajstić information content (AvgIpc) is 2.70. The molecule has 2 aromatic rings. The van der Waals surface area contributed by atoms with E-state index in [4.69, 9.17) is 4.74 Å². The van der Waals surface area contributed by atoms with Crippen molar-refractivity contribution < 1.29 is 14.3 Å². The molecule has 0 aromatic heterocycles. The maximum Gasteiger partial charge on any atom is 0.240 e.